The van der Waals surface area contributed by atoms with E-state index < -0.39 is 30.0 Å². The fraction of sp³-hybridized carbons (Fsp3) is 0.333. The number of H-pyrrole nitrogens is 1. The number of ether oxygens (including phenoxy) is 2. The van der Waals surface area contributed by atoms with Gasteiger partial charge in [-0.25, -0.2) is 14.4 Å². The highest BCUT2D eigenvalue weighted by Crippen LogP contribution is 2.38. The number of hydrogen-bond acceptors (Lipinski definition) is 9. The van der Waals surface area contributed by atoms with Crippen molar-refractivity contribution in [2.24, 2.45) is 0 Å². The maximum atomic E-state index is 14.3. The lowest BCUT2D eigenvalue weighted by molar-refractivity contribution is -0.139. The molecule has 5 aromatic rings. The summed E-state index contributed by atoms with van der Waals surface area (Å²) in [5, 5.41) is 17.0. The monoisotopic (exact) mass is 653 g/mol. The molecule has 0 spiro atoms. The van der Waals surface area contributed by atoms with Crippen molar-refractivity contribution in [2.45, 2.75) is 51.4 Å². The molecule has 1 N–H and O–H groups in total. The number of fused-ring (bicyclic) bond motifs is 2. The molecule has 16 heteroatoms. The predicted molar refractivity (Wildman–Crippen MR) is 155 cm³/mol. The highest BCUT2D eigenvalue weighted by Gasteiger charge is 2.37. The summed E-state index contributed by atoms with van der Waals surface area (Å²) in [4.78, 5) is 18.6. The van der Waals surface area contributed by atoms with Crippen LogP contribution in [0.3, 0.4) is 0 Å². The van der Waals surface area contributed by atoms with E-state index in [9.17, 15) is 17.6 Å². The third-order valence-electron chi connectivity index (χ3n) is 8.01. The zero-order valence-corrected chi connectivity index (χ0v) is 24.7. The largest absolute Gasteiger partial charge is 0.472 e. The van der Waals surface area contributed by atoms with Gasteiger partial charge in [-0.05, 0) is 42.7 Å². The van der Waals surface area contributed by atoms with Gasteiger partial charge in [0.1, 0.15) is 35.6 Å². The number of nitrogens with one attached hydrogen (secondary N) is 1. The molecular weight excluding hydrogens is 630 g/mol. The molecule has 0 bridgehead atoms. The van der Waals surface area contributed by atoms with Crippen LogP contribution in [0.1, 0.15) is 40.5 Å². The first-order chi connectivity index (χ1) is 22.1. The molecule has 0 saturated carbocycles. The Morgan fingerprint density at radius 3 is 2.74 bits per heavy atom. The lowest BCUT2D eigenvalue weighted by Gasteiger charge is -2.30. The van der Waals surface area contributed by atoms with E-state index in [2.05, 4.69) is 30.0 Å². The Kier molecular flexibility index (Phi) is 7.79. The zero-order valence-electron chi connectivity index (χ0n) is 24.0. The van der Waals surface area contributed by atoms with Gasteiger partial charge in [-0.15, -0.1) is 10.2 Å². The molecule has 0 unspecified atom stereocenters. The smallest absolute Gasteiger partial charge is 0.421 e. The lowest BCUT2D eigenvalue weighted by atomic mass is 10.0. The molecule has 1 atom stereocenters. The minimum Gasteiger partial charge on any atom is -0.472 e. The molecule has 11 nitrogen and oxygen atoms in total. The summed E-state index contributed by atoms with van der Waals surface area (Å²) in [6.45, 7) is 1.91. The number of benzene rings is 1. The maximum absolute atomic E-state index is 14.3. The fourth-order valence-corrected chi connectivity index (χ4v) is 5.68. The van der Waals surface area contributed by atoms with Gasteiger partial charge in [0, 0.05) is 30.3 Å². The Morgan fingerprint density at radius 2 is 2.02 bits per heavy atom. The van der Waals surface area contributed by atoms with Crippen LogP contribution < -0.4 is 4.74 Å². The minimum absolute atomic E-state index is 0.0259. The molecule has 0 radical (unpaired) electrons. The Labute approximate surface area is 263 Å². The zero-order chi connectivity index (χ0) is 32.0. The lowest BCUT2D eigenvalue weighted by Crippen LogP contribution is -2.34. The Hall–Kier alpha value is -4.65. The van der Waals surface area contributed by atoms with E-state index in [4.69, 9.17) is 31.3 Å². The van der Waals surface area contributed by atoms with Crippen molar-refractivity contribution < 1.29 is 27.0 Å². The summed E-state index contributed by atoms with van der Waals surface area (Å²) in [5.41, 5.74) is 1.88. The highest BCUT2D eigenvalue weighted by atomic mass is 35.5. The standard InChI is InChI=1S/C30H24ClF4N9O2/c31-18-2-1-17(21(32)8-18)15-46-29-20(30(33,34)35)7-16-3-5-43(13-24(16)39-29)14-27-38-22-9-23(28-40-26(10-36)41-42-28)37-11-25(22)44(27)12-19-4-6-45-19/h1-2,7-9,11,19H,3-6,12-15H2,(H,40,41,42)/t19-/m0/s1. The van der Waals surface area contributed by atoms with E-state index in [1.165, 1.54) is 12.1 Å². The van der Waals surface area contributed by atoms with Crippen LogP contribution in [0.2, 0.25) is 5.02 Å². The molecule has 0 amide bonds. The van der Waals surface area contributed by atoms with Crippen molar-refractivity contribution in [3.63, 3.8) is 0 Å². The third-order valence-corrected chi connectivity index (χ3v) is 8.24. The second kappa shape index (κ2) is 11.9. The molecule has 1 saturated heterocycles. The highest BCUT2D eigenvalue weighted by molar-refractivity contribution is 6.30. The molecule has 6 heterocycles. The average Bonchev–Trinajstić information content (AvgIpc) is 3.62. The van der Waals surface area contributed by atoms with Gasteiger partial charge in [0.05, 0.1) is 42.1 Å². The van der Waals surface area contributed by atoms with E-state index in [0.29, 0.717) is 61.0 Å². The number of hydrogen-bond donors (Lipinski definition) is 1. The number of halogens is 5. The fourth-order valence-electron chi connectivity index (χ4n) is 5.52. The molecule has 1 aromatic carbocycles. The van der Waals surface area contributed by atoms with Crippen LogP contribution in [-0.2, 0) is 43.6 Å². The van der Waals surface area contributed by atoms with E-state index in [1.54, 1.807) is 12.3 Å². The molecule has 4 aromatic heterocycles. The van der Waals surface area contributed by atoms with Gasteiger partial charge < -0.3 is 19.0 Å². The van der Waals surface area contributed by atoms with Gasteiger partial charge >= 0.3 is 6.18 Å². The van der Waals surface area contributed by atoms with Crippen LogP contribution in [0.15, 0.2) is 36.5 Å². The van der Waals surface area contributed by atoms with E-state index in [0.717, 1.165) is 29.9 Å². The molecule has 0 aliphatic carbocycles. The summed E-state index contributed by atoms with van der Waals surface area (Å²) in [6.07, 6.45) is -1.76. The first kappa shape index (κ1) is 30.0. The van der Waals surface area contributed by atoms with Crippen LogP contribution in [-0.4, -0.2) is 58.9 Å². The number of nitriles is 1. The second-order valence-electron chi connectivity index (χ2n) is 11.0. The summed E-state index contributed by atoms with van der Waals surface area (Å²) in [5.74, 6) is -0.162. The molecule has 2 aliphatic heterocycles. The van der Waals surface area contributed by atoms with Gasteiger partial charge in [-0.3, -0.25) is 9.88 Å². The summed E-state index contributed by atoms with van der Waals surface area (Å²) >= 11 is 5.80. The predicted octanol–water partition coefficient (Wildman–Crippen LogP) is 5.22. The third kappa shape index (κ3) is 5.98. The van der Waals surface area contributed by atoms with Crippen molar-refractivity contribution >= 4 is 22.6 Å². The summed E-state index contributed by atoms with van der Waals surface area (Å²) < 4.78 is 69.5. The number of pyridine rings is 2. The summed E-state index contributed by atoms with van der Waals surface area (Å²) in [7, 11) is 0. The number of aromatic nitrogens is 7. The van der Waals surface area contributed by atoms with Crippen LogP contribution in [0, 0.1) is 17.1 Å². The number of aromatic amines is 1. The van der Waals surface area contributed by atoms with Gasteiger partial charge in [0.25, 0.3) is 0 Å². The van der Waals surface area contributed by atoms with Crippen LogP contribution in [0.4, 0.5) is 17.6 Å². The summed E-state index contributed by atoms with van der Waals surface area (Å²) in [6, 6.07) is 8.61. The van der Waals surface area contributed by atoms with Crippen molar-refractivity contribution in [1.82, 2.24) is 39.6 Å². The first-order valence-corrected chi connectivity index (χ1v) is 14.7. The molecular formula is C30H24ClF4N9O2. The van der Waals surface area contributed by atoms with Crippen LogP contribution in [0.25, 0.3) is 22.6 Å². The second-order valence-corrected chi connectivity index (χ2v) is 11.5. The van der Waals surface area contributed by atoms with Crippen molar-refractivity contribution in [3.05, 3.63) is 81.4 Å². The van der Waals surface area contributed by atoms with E-state index in [-0.39, 0.29) is 29.1 Å². The topological polar surface area (TPSA) is 131 Å². The number of rotatable bonds is 8. The average molecular weight is 654 g/mol. The number of alkyl halides is 3. The molecule has 236 valence electrons. The van der Waals surface area contributed by atoms with Crippen LogP contribution >= 0.6 is 11.6 Å². The van der Waals surface area contributed by atoms with Gasteiger partial charge in [0.15, 0.2) is 5.82 Å². The van der Waals surface area contributed by atoms with Crippen LogP contribution in [0.5, 0.6) is 5.88 Å². The van der Waals surface area contributed by atoms with Gasteiger partial charge in [-0.1, -0.05) is 17.7 Å². The van der Waals surface area contributed by atoms with Crippen molar-refractivity contribution in [3.8, 4) is 23.5 Å². The number of nitrogens with zero attached hydrogens (tertiary/aromatic N) is 8. The molecule has 46 heavy (non-hydrogen) atoms. The SMILES string of the molecule is N#Cc1nnc(-c2cc3nc(CN4CCc5cc(C(F)(F)F)c(OCc6ccc(Cl)cc6F)nc5C4)n(C[C@@H]4CCO4)c3cn2)[nH]1. The maximum Gasteiger partial charge on any atom is 0.421 e. The minimum atomic E-state index is -4.71. The molecule has 7 rings (SSSR count). The Balaban J connectivity index is 1.16. The quantitative estimate of drug-likeness (QED) is 0.224. The first-order valence-electron chi connectivity index (χ1n) is 14.3. The Bertz CT molecular complexity index is 1980. The van der Waals surface area contributed by atoms with Crippen molar-refractivity contribution in [2.75, 3.05) is 13.2 Å². The van der Waals surface area contributed by atoms with E-state index >= 15 is 0 Å². The van der Waals surface area contributed by atoms with Gasteiger partial charge in [-0.2, -0.15) is 18.4 Å². The van der Waals surface area contributed by atoms with E-state index in [1.807, 2.05) is 10.6 Å². The molecule has 2 aliphatic rings. The van der Waals surface area contributed by atoms with Crippen molar-refractivity contribution in [1.29, 1.82) is 5.26 Å². The number of imidazole rings is 1. The Morgan fingerprint density at radius 1 is 1.17 bits per heavy atom. The van der Waals surface area contributed by atoms with Gasteiger partial charge in [0.2, 0.25) is 11.7 Å². The normalized spacial score (nSPS) is 16.7. The molecule has 1 fully saturated rings.